The number of furan rings is 1. The van der Waals surface area contributed by atoms with Gasteiger partial charge in [-0.05, 0) is 55.4 Å². The minimum atomic E-state index is -1.03. The Labute approximate surface area is 181 Å². The highest BCUT2D eigenvalue weighted by molar-refractivity contribution is 8.26. The molecule has 2 heterocycles. The number of hydrogen-bond acceptors (Lipinski definition) is 7. The minimum Gasteiger partial charge on any atom is -0.479 e. The van der Waals surface area contributed by atoms with Gasteiger partial charge < -0.3 is 14.3 Å². The number of carboxylic acids is 1. The van der Waals surface area contributed by atoms with Crippen LogP contribution in [0.3, 0.4) is 0 Å². The number of nitrogens with one attached hydrogen (secondary N) is 1. The van der Waals surface area contributed by atoms with Gasteiger partial charge in [-0.15, -0.1) is 0 Å². The van der Waals surface area contributed by atoms with Crippen molar-refractivity contribution >= 4 is 52.2 Å². The van der Waals surface area contributed by atoms with Crippen LogP contribution in [0, 0.1) is 6.92 Å². The summed E-state index contributed by atoms with van der Waals surface area (Å²) in [6.07, 6.45) is 2.44. The summed E-state index contributed by atoms with van der Waals surface area (Å²) in [5, 5.41) is 10.1. The number of carbonyl (C=O) groups is 3. The zero-order valence-corrected chi connectivity index (χ0v) is 17.7. The van der Waals surface area contributed by atoms with E-state index in [9.17, 15) is 14.4 Å². The van der Waals surface area contributed by atoms with Gasteiger partial charge in [0.1, 0.15) is 11.5 Å². The molecule has 3 rings (SSSR count). The zero-order chi connectivity index (χ0) is 21.8. The third-order valence-corrected chi connectivity index (χ3v) is 5.52. The molecule has 2 N–H and O–H groups in total. The molecule has 8 nitrogen and oxygen atoms in total. The molecule has 156 valence electrons. The maximum absolute atomic E-state index is 12.7. The van der Waals surface area contributed by atoms with E-state index in [4.69, 9.17) is 26.5 Å². The van der Waals surface area contributed by atoms with Crippen molar-refractivity contribution in [2.45, 2.75) is 26.4 Å². The van der Waals surface area contributed by atoms with Crippen molar-refractivity contribution in [2.24, 2.45) is 0 Å². The maximum Gasteiger partial charge on any atom is 0.344 e. The van der Waals surface area contributed by atoms with E-state index in [1.807, 2.05) is 0 Å². The maximum atomic E-state index is 12.7. The number of aryl methyl sites for hydroxylation is 1. The fourth-order valence-electron chi connectivity index (χ4n) is 2.61. The Kier molecular flexibility index (Phi) is 6.58. The van der Waals surface area contributed by atoms with E-state index >= 15 is 0 Å². The second-order valence-electron chi connectivity index (χ2n) is 6.27. The van der Waals surface area contributed by atoms with Crippen LogP contribution in [0.25, 0.3) is 6.08 Å². The lowest BCUT2D eigenvalue weighted by Crippen LogP contribution is -2.44. The molecule has 0 spiro atoms. The van der Waals surface area contributed by atoms with E-state index < -0.39 is 23.9 Å². The number of rotatable bonds is 7. The number of nitrogens with zero attached hydrogens (tertiary/aromatic N) is 1. The van der Waals surface area contributed by atoms with E-state index in [1.54, 1.807) is 44.2 Å². The normalized spacial score (nSPS) is 16.1. The average Bonchev–Trinajstić information content (AvgIpc) is 3.25. The SMILES string of the molecule is CCC(Oc1ccc(/C=C2/SC(=S)N(NC(=O)c3ccoc3C)C2=O)cc1)C(=O)O. The van der Waals surface area contributed by atoms with Gasteiger partial charge in [0.25, 0.3) is 11.8 Å². The second-order valence-corrected chi connectivity index (χ2v) is 7.95. The van der Waals surface area contributed by atoms with E-state index in [2.05, 4.69) is 5.43 Å². The van der Waals surface area contributed by atoms with Gasteiger partial charge in [0.15, 0.2) is 10.4 Å². The summed E-state index contributed by atoms with van der Waals surface area (Å²) in [4.78, 5) is 36.4. The fourth-order valence-corrected chi connectivity index (χ4v) is 3.79. The van der Waals surface area contributed by atoms with Crippen LogP contribution in [0.4, 0.5) is 0 Å². The molecular weight excluding hydrogens is 428 g/mol. The Morgan fingerprint density at radius 3 is 2.60 bits per heavy atom. The number of thiocarbonyl (C=S) groups is 1. The first-order valence-corrected chi connectivity index (χ1v) is 10.1. The molecule has 1 unspecified atom stereocenters. The quantitative estimate of drug-likeness (QED) is 0.492. The third kappa shape index (κ3) is 4.71. The number of amides is 2. The average molecular weight is 447 g/mol. The molecule has 2 aromatic rings. The van der Waals surface area contributed by atoms with Crippen LogP contribution >= 0.6 is 24.0 Å². The fraction of sp³-hybridized carbons (Fsp3) is 0.200. The molecule has 0 aliphatic carbocycles. The first kappa shape index (κ1) is 21.6. The highest BCUT2D eigenvalue weighted by atomic mass is 32.2. The molecule has 1 fully saturated rings. The molecule has 0 bridgehead atoms. The summed E-state index contributed by atoms with van der Waals surface area (Å²) >= 11 is 6.28. The lowest BCUT2D eigenvalue weighted by atomic mass is 10.2. The summed E-state index contributed by atoms with van der Waals surface area (Å²) in [5.41, 5.74) is 3.50. The predicted octanol–water partition coefficient (Wildman–Crippen LogP) is 3.38. The Balaban J connectivity index is 1.70. The molecule has 1 saturated heterocycles. The number of aliphatic carboxylic acids is 1. The molecule has 1 aromatic heterocycles. The van der Waals surface area contributed by atoms with E-state index in [1.165, 1.54) is 12.3 Å². The van der Waals surface area contributed by atoms with Gasteiger partial charge in [-0.1, -0.05) is 30.8 Å². The summed E-state index contributed by atoms with van der Waals surface area (Å²) in [5.74, 6) is -1.13. The number of thioether (sulfide) groups is 1. The van der Waals surface area contributed by atoms with Crippen molar-refractivity contribution in [3.05, 3.63) is 58.4 Å². The molecule has 1 aliphatic heterocycles. The van der Waals surface area contributed by atoms with Crippen LogP contribution in [-0.4, -0.2) is 38.3 Å². The van der Waals surface area contributed by atoms with Gasteiger partial charge in [-0.2, -0.15) is 5.01 Å². The number of carboxylic acid groups (broad SMARTS) is 1. The number of hydrogen-bond donors (Lipinski definition) is 2. The molecule has 0 radical (unpaired) electrons. The largest absolute Gasteiger partial charge is 0.479 e. The van der Waals surface area contributed by atoms with E-state index in [0.717, 1.165) is 16.8 Å². The van der Waals surface area contributed by atoms with Crippen molar-refractivity contribution < 1.29 is 28.6 Å². The molecule has 30 heavy (non-hydrogen) atoms. The van der Waals surface area contributed by atoms with Crippen LogP contribution in [0.5, 0.6) is 5.75 Å². The van der Waals surface area contributed by atoms with Crippen molar-refractivity contribution in [1.82, 2.24) is 10.4 Å². The Hall–Kier alpha value is -3.11. The minimum absolute atomic E-state index is 0.202. The van der Waals surface area contributed by atoms with Crippen LogP contribution in [0.2, 0.25) is 0 Å². The lowest BCUT2D eigenvalue weighted by molar-refractivity contribution is -0.145. The first-order valence-electron chi connectivity index (χ1n) is 8.92. The summed E-state index contributed by atoms with van der Waals surface area (Å²) in [6, 6.07) is 8.16. The van der Waals surface area contributed by atoms with Crippen LogP contribution in [0.15, 0.2) is 45.9 Å². The zero-order valence-electron chi connectivity index (χ0n) is 16.1. The lowest BCUT2D eigenvalue weighted by Gasteiger charge is -2.15. The second kappa shape index (κ2) is 9.14. The predicted molar refractivity (Wildman–Crippen MR) is 115 cm³/mol. The molecule has 1 aliphatic rings. The third-order valence-electron chi connectivity index (χ3n) is 4.21. The summed E-state index contributed by atoms with van der Waals surface area (Å²) < 4.78 is 10.7. The monoisotopic (exact) mass is 446 g/mol. The molecule has 0 saturated carbocycles. The van der Waals surface area contributed by atoms with Gasteiger partial charge in [0.05, 0.1) is 16.7 Å². The van der Waals surface area contributed by atoms with Crippen molar-refractivity contribution in [2.75, 3.05) is 0 Å². The number of hydrazine groups is 1. The number of ether oxygens (including phenoxy) is 1. The molecule has 1 atom stereocenters. The first-order chi connectivity index (χ1) is 14.3. The Bertz CT molecular complexity index is 1030. The molecular formula is C20H18N2O6S2. The van der Waals surface area contributed by atoms with Crippen molar-refractivity contribution in [3.63, 3.8) is 0 Å². The highest BCUT2D eigenvalue weighted by Gasteiger charge is 2.34. The van der Waals surface area contributed by atoms with Crippen molar-refractivity contribution in [3.8, 4) is 5.75 Å². The van der Waals surface area contributed by atoms with Crippen LogP contribution in [0.1, 0.15) is 35.0 Å². The Morgan fingerprint density at radius 2 is 2.03 bits per heavy atom. The van der Waals surface area contributed by atoms with Gasteiger partial charge in [0.2, 0.25) is 0 Å². The van der Waals surface area contributed by atoms with Crippen LogP contribution < -0.4 is 10.2 Å². The van der Waals surface area contributed by atoms with E-state index in [-0.39, 0.29) is 4.32 Å². The number of carbonyl (C=O) groups excluding carboxylic acids is 2. The summed E-state index contributed by atoms with van der Waals surface area (Å²) in [6.45, 7) is 3.37. The van der Waals surface area contributed by atoms with Gasteiger partial charge in [-0.25, -0.2) is 4.79 Å². The number of benzene rings is 1. The molecule has 10 heteroatoms. The topological polar surface area (TPSA) is 109 Å². The highest BCUT2D eigenvalue weighted by Crippen LogP contribution is 2.32. The summed E-state index contributed by atoms with van der Waals surface area (Å²) in [7, 11) is 0. The van der Waals surface area contributed by atoms with Crippen LogP contribution in [-0.2, 0) is 9.59 Å². The standard InChI is InChI=1S/C20H18N2O6S2/c1-3-15(19(25)26)28-13-6-4-12(5-7-13)10-16-18(24)22(20(29)30-16)21-17(23)14-8-9-27-11(14)2/h4-10,15H,3H2,1-2H3,(H,21,23)(H,25,26)/b16-10+. The molecule has 2 amide bonds. The van der Waals surface area contributed by atoms with Crippen molar-refractivity contribution in [1.29, 1.82) is 0 Å². The van der Waals surface area contributed by atoms with Gasteiger partial charge >= 0.3 is 5.97 Å². The Morgan fingerprint density at radius 1 is 1.33 bits per heavy atom. The van der Waals surface area contributed by atoms with Gasteiger partial charge in [-0.3, -0.25) is 15.0 Å². The molecule has 1 aromatic carbocycles. The smallest absolute Gasteiger partial charge is 0.344 e. The van der Waals surface area contributed by atoms with E-state index in [0.29, 0.717) is 34.0 Å². The van der Waals surface area contributed by atoms with Gasteiger partial charge in [0, 0.05) is 0 Å².